The van der Waals surface area contributed by atoms with E-state index in [9.17, 15) is 4.79 Å². The third-order valence-electron chi connectivity index (χ3n) is 4.43. The van der Waals surface area contributed by atoms with Crippen molar-refractivity contribution in [3.8, 4) is 0 Å². The SMILES string of the molecule is C=CCN(Cc1cccs1)C(=O)CCc1c(C)nc2nc(SC)nn2c1C. The van der Waals surface area contributed by atoms with Gasteiger partial charge in [0, 0.05) is 29.2 Å². The molecule has 0 bridgehead atoms. The molecule has 3 aromatic rings. The molecule has 3 heterocycles. The number of hydrogen-bond acceptors (Lipinski definition) is 6. The normalized spacial score (nSPS) is 11.1. The fourth-order valence-electron chi connectivity index (χ4n) is 3.03. The van der Waals surface area contributed by atoms with Gasteiger partial charge in [-0.3, -0.25) is 4.79 Å². The van der Waals surface area contributed by atoms with Gasteiger partial charge in [0.25, 0.3) is 5.78 Å². The van der Waals surface area contributed by atoms with E-state index in [1.54, 1.807) is 21.9 Å². The zero-order valence-electron chi connectivity index (χ0n) is 15.8. The summed E-state index contributed by atoms with van der Waals surface area (Å²) < 4.78 is 1.77. The molecule has 6 nitrogen and oxygen atoms in total. The Labute approximate surface area is 167 Å². The Balaban J connectivity index is 1.76. The van der Waals surface area contributed by atoms with Crippen LogP contribution in [0, 0.1) is 13.8 Å². The summed E-state index contributed by atoms with van der Waals surface area (Å²) in [5.74, 6) is 0.723. The topological polar surface area (TPSA) is 63.4 Å². The Morgan fingerprint density at radius 1 is 1.41 bits per heavy atom. The second kappa shape index (κ2) is 8.67. The molecule has 0 unspecified atom stereocenters. The number of rotatable bonds is 8. The predicted molar refractivity (Wildman–Crippen MR) is 110 cm³/mol. The lowest BCUT2D eigenvalue weighted by molar-refractivity contribution is -0.131. The molecule has 0 fully saturated rings. The van der Waals surface area contributed by atoms with Gasteiger partial charge in [0.1, 0.15) is 0 Å². The first-order valence-electron chi connectivity index (χ1n) is 8.71. The van der Waals surface area contributed by atoms with Crippen LogP contribution >= 0.6 is 23.1 Å². The zero-order chi connectivity index (χ0) is 19.4. The fraction of sp³-hybridized carbons (Fsp3) is 0.368. The van der Waals surface area contributed by atoms with Crippen molar-refractivity contribution >= 4 is 34.8 Å². The van der Waals surface area contributed by atoms with Crippen LogP contribution in [-0.2, 0) is 17.8 Å². The highest BCUT2D eigenvalue weighted by Gasteiger charge is 2.17. The van der Waals surface area contributed by atoms with Gasteiger partial charge in [0.05, 0.1) is 6.54 Å². The summed E-state index contributed by atoms with van der Waals surface area (Å²) in [6.45, 7) is 8.93. The van der Waals surface area contributed by atoms with Gasteiger partial charge < -0.3 is 4.90 Å². The van der Waals surface area contributed by atoms with Crippen molar-refractivity contribution < 1.29 is 4.79 Å². The molecule has 0 aliphatic carbocycles. The van der Waals surface area contributed by atoms with Crippen LogP contribution in [0.2, 0.25) is 0 Å². The number of carbonyl (C=O) groups is 1. The molecular formula is C19H23N5OS2. The number of aromatic nitrogens is 4. The van der Waals surface area contributed by atoms with E-state index in [1.165, 1.54) is 16.6 Å². The van der Waals surface area contributed by atoms with Gasteiger partial charge in [-0.15, -0.1) is 23.0 Å². The highest BCUT2D eigenvalue weighted by molar-refractivity contribution is 7.98. The number of hydrogen-bond donors (Lipinski definition) is 0. The molecule has 142 valence electrons. The van der Waals surface area contributed by atoms with Crippen LogP contribution in [-0.4, -0.2) is 43.2 Å². The van der Waals surface area contributed by atoms with Gasteiger partial charge >= 0.3 is 0 Å². The average Bonchev–Trinajstić information content (AvgIpc) is 3.30. The van der Waals surface area contributed by atoms with Crippen LogP contribution in [0.4, 0.5) is 0 Å². The lowest BCUT2D eigenvalue weighted by atomic mass is 10.1. The predicted octanol–water partition coefficient (Wildman–Crippen LogP) is 3.67. The first kappa shape index (κ1) is 19.6. The summed E-state index contributed by atoms with van der Waals surface area (Å²) in [5, 5.41) is 7.20. The quantitative estimate of drug-likeness (QED) is 0.426. The number of fused-ring (bicyclic) bond motifs is 1. The molecule has 0 radical (unpaired) electrons. The minimum absolute atomic E-state index is 0.116. The lowest BCUT2D eigenvalue weighted by Gasteiger charge is -2.21. The monoisotopic (exact) mass is 401 g/mol. The summed E-state index contributed by atoms with van der Waals surface area (Å²) in [6, 6.07) is 4.05. The molecule has 3 rings (SSSR count). The smallest absolute Gasteiger partial charge is 0.253 e. The number of carbonyl (C=O) groups excluding carboxylic acids is 1. The van der Waals surface area contributed by atoms with Gasteiger partial charge in [-0.1, -0.05) is 23.9 Å². The van der Waals surface area contributed by atoms with E-state index in [2.05, 4.69) is 21.6 Å². The number of amides is 1. The van der Waals surface area contributed by atoms with Crippen LogP contribution < -0.4 is 0 Å². The molecule has 0 aliphatic rings. The number of nitrogens with zero attached hydrogens (tertiary/aromatic N) is 5. The van der Waals surface area contributed by atoms with E-state index in [1.807, 2.05) is 42.5 Å². The van der Waals surface area contributed by atoms with Crippen molar-refractivity contribution in [2.75, 3.05) is 12.8 Å². The van der Waals surface area contributed by atoms with E-state index in [0.29, 0.717) is 36.9 Å². The zero-order valence-corrected chi connectivity index (χ0v) is 17.4. The molecule has 0 aromatic carbocycles. The molecule has 0 spiro atoms. The molecule has 8 heteroatoms. The fourth-order valence-corrected chi connectivity index (χ4v) is 4.09. The lowest BCUT2D eigenvalue weighted by Crippen LogP contribution is -2.30. The number of thiophene rings is 1. The maximum Gasteiger partial charge on any atom is 0.253 e. The van der Waals surface area contributed by atoms with Crippen molar-refractivity contribution in [2.45, 2.75) is 38.4 Å². The van der Waals surface area contributed by atoms with Crippen molar-refractivity contribution in [3.05, 3.63) is 52.0 Å². The van der Waals surface area contributed by atoms with E-state index in [4.69, 9.17) is 0 Å². The first-order chi connectivity index (χ1) is 13.0. The highest BCUT2D eigenvalue weighted by atomic mass is 32.2. The van der Waals surface area contributed by atoms with E-state index < -0.39 is 0 Å². The maximum absolute atomic E-state index is 12.8. The van der Waals surface area contributed by atoms with Gasteiger partial charge in [-0.2, -0.15) is 4.98 Å². The Morgan fingerprint density at radius 3 is 2.89 bits per heavy atom. The van der Waals surface area contributed by atoms with Gasteiger partial charge in [0.15, 0.2) is 0 Å². The molecule has 3 aromatic heterocycles. The molecule has 0 saturated heterocycles. The van der Waals surface area contributed by atoms with Crippen molar-refractivity contribution in [2.24, 2.45) is 0 Å². The van der Waals surface area contributed by atoms with Gasteiger partial charge in [0.2, 0.25) is 11.1 Å². The Morgan fingerprint density at radius 2 is 2.22 bits per heavy atom. The second-order valence-corrected chi connectivity index (χ2v) is 8.02. The number of thioether (sulfide) groups is 1. The standard InChI is InChI=1S/C19H23N5OS2/c1-5-10-23(12-15-7-6-11-27-15)17(25)9-8-16-13(2)20-18-21-19(26-4)22-24(18)14(16)3/h5-7,11H,1,8-10,12H2,2-4H3. The minimum Gasteiger partial charge on any atom is -0.334 e. The summed E-state index contributed by atoms with van der Waals surface area (Å²) in [4.78, 5) is 24.8. The summed E-state index contributed by atoms with van der Waals surface area (Å²) in [7, 11) is 0. The molecule has 0 aliphatic heterocycles. The third kappa shape index (κ3) is 4.39. The van der Waals surface area contributed by atoms with Crippen molar-refractivity contribution in [1.82, 2.24) is 24.5 Å². The Bertz CT molecular complexity index is 949. The van der Waals surface area contributed by atoms with Gasteiger partial charge in [-0.05, 0) is 43.5 Å². The Kier molecular flexibility index (Phi) is 6.28. The summed E-state index contributed by atoms with van der Waals surface area (Å²) >= 11 is 3.15. The molecule has 0 atom stereocenters. The maximum atomic E-state index is 12.8. The van der Waals surface area contributed by atoms with Crippen LogP contribution in [0.15, 0.2) is 35.3 Å². The second-order valence-electron chi connectivity index (χ2n) is 6.21. The number of aryl methyl sites for hydroxylation is 2. The summed E-state index contributed by atoms with van der Waals surface area (Å²) in [6.07, 6.45) is 4.78. The first-order valence-corrected chi connectivity index (χ1v) is 10.8. The van der Waals surface area contributed by atoms with E-state index in [0.717, 1.165) is 17.0 Å². The van der Waals surface area contributed by atoms with Crippen molar-refractivity contribution in [3.63, 3.8) is 0 Å². The molecule has 1 amide bonds. The third-order valence-corrected chi connectivity index (χ3v) is 5.83. The van der Waals surface area contributed by atoms with E-state index in [-0.39, 0.29) is 5.91 Å². The van der Waals surface area contributed by atoms with Crippen LogP contribution in [0.5, 0.6) is 0 Å². The van der Waals surface area contributed by atoms with Gasteiger partial charge in [-0.25, -0.2) is 9.50 Å². The molecule has 0 N–H and O–H groups in total. The molecule has 27 heavy (non-hydrogen) atoms. The largest absolute Gasteiger partial charge is 0.334 e. The Hall–Kier alpha value is -2.19. The van der Waals surface area contributed by atoms with Crippen LogP contribution in [0.25, 0.3) is 5.78 Å². The van der Waals surface area contributed by atoms with E-state index >= 15 is 0 Å². The highest BCUT2D eigenvalue weighted by Crippen LogP contribution is 2.19. The van der Waals surface area contributed by atoms with Crippen LogP contribution in [0.3, 0.4) is 0 Å². The summed E-state index contributed by atoms with van der Waals surface area (Å²) in [5.41, 5.74) is 2.95. The van der Waals surface area contributed by atoms with Crippen LogP contribution in [0.1, 0.15) is 28.2 Å². The average molecular weight is 402 g/mol. The molecule has 0 saturated carbocycles. The minimum atomic E-state index is 0.116. The molecular weight excluding hydrogens is 378 g/mol. The van der Waals surface area contributed by atoms with Crippen molar-refractivity contribution in [1.29, 1.82) is 0 Å².